The highest BCUT2D eigenvalue weighted by molar-refractivity contribution is 5.94. The molecule has 1 aromatic heterocycles. The summed E-state index contributed by atoms with van der Waals surface area (Å²) in [6.45, 7) is 10.9. The molecule has 2 aliphatic heterocycles. The van der Waals surface area contributed by atoms with Gasteiger partial charge in [-0.25, -0.2) is 4.98 Å². The highest BCUT2D eigenvalue weighted by Gasteiger charge is 2.23. The van der Waals surface area contributed by atoms with Crippen molar-refractivity contribution in [2.45, 2.75) is 39.5 Å². The number of nitrogens with one attached hydrogen (secondary N) is 1. The summed E-state index contributed by atoms with van der Waals surface area (Å²) in [4.78, 5) is 21.7. The summed E-state index contributed by atoms with van der Waals surface area (Å²) in [5.74, 6) is 2.28. The Morgan fingerprint density at radius 3 is 2.72 bits per heavy atom. The molecule has 5 heteroatoms. The SMILES string of the molecule is CC(C)CN1CC[C@@H](CNC(=O)c2ccc(N3CCCCC3)nc2)C1. The maximum absolute atomic E-state index is 12.4. The third kappa shape index (κ3) is 5.18. The number of amides is 1. The number of rotatable bonds is 6. The second-order valence-electron chi connectivity index (χ2n) is 7.97. The van der Waals surface area contributed by atoms with Crippen molar-refractivity contribution < 1.29 is 4.79 Å². The monoisotopic (exact) mass is 344 g/mol. The van der Waals surface area contributed by atoms with Crippen LogP contribution in [0.1, 0.15) is 49.9 Å². The van der Waals surface area contributed by atoms with Crippen LogP contribution in [0, 0.1) is 11.8 Å². The lowest BCUT2D eigenvalue weighted by molar-refractivity contribution is 0.0947. The number of hydrogen-bond donors (Lipinski definition) is 1. The summed E-state index contributed by atoms with van der Waals surface area (Å²) in [5, 5.41) is 3.09. The van der Waals surface area contributed by atoms with Crippen molar-refractivity contribution in [3.05, 3.63) is 23.9 Å². The zero-order valence-electron chi connectivity index (χ0n) is 15.7. The van der Waals surface area contributed by atoms with Crippen LogP contribution in [0.4, 0.5) is 5.82 Å². The third-order valence-corrected chi connectivity index (χ3v) is 5.23. The molecule has 2 fully saturated rings. The highest BCUT2D eigenvalue weighted by atomic mass is 16.1. The van der Waals surface area contributed by atoms with Crippen LogP contribution in [0.3, 0.4) is 0 Å². The molecule has 1 N–H and O–H groups in total. The number of hydrogen-bond acceptors (Lipinski definition) is 4. The Balaban J connectivity index is 1.45. The zero-order chi connectivity index (χ0) is 17.6. The molecule has 0 bridgehead atoms. The average Bonchev–Trinajstić information content (AvgIpc) is 3.07. The van der Waals surface area contributed by atoms with E-state index < -0.39 is 0 Å². The van der Waals surface area contributed by atoms with Gasteiger partial charge in [-0.15, -0.1) is 0 Å². The van der Waals surface area contributed by atoms with Gasteiger partial charge in [0.15, 0.2) is 0 Å². The summed E-state index contributed by atoms with van der Waals surface area (Å²) < 4.78 is 0. The van der Waals surface area contributed by atoms with Gasteiger partial charge in [0.05, 0.1) is 5.56 Å². The van der Waals surface area contributed by atoms with E-state index in [0.29, 0.717) is 17.4 Å². The van der Waals surface area contributed by atoms with Crippen molar-refractivity contribution in [2.75, 3.05) is 44.2 Å². The number of likely N-dealkylation sites (tertiary alicyclic amines) is 1. The molecule has 1 amide bonds. The van der Waals surface area contributed by atoms with E-state index in [1.807, 2.05) is 12.1 Å². The van der Waals surface area contributed by atoms with Gasteiger partial charge >= 0.3 is 0 Å². The molecule has 3 heterocycles. The first-order valence-corrected chi connectivity index (χ1v) is 9.83. The standard InChI is InChI=1S/C20H32N4O/c1-16(2)14-23-11-8-17(15-23)12-22-20(25)18-6-7-19(21-13-18)24-9-4-3-5-10-24/h6-7,13,16-17H,3-5,8-12,14-15H2,1-2H3,(H,22,25)/t17-/m0/s1. The summed E-state index contributed by atoms with van der Waals surface area (Å²) in [6, 6.07) is 3.90. The van der Waals surface area contributed by atoms with Gasteiger partial charge in [0.25, 0.3) is 5.91 Å². The number of piperidine rings is 1. The quantitative estimate of drug-likeness (QED) is 0.862. The van der Waals surface area contributed by atoms with Crippen LogP contribution in [0.25, 0.3) is 0 Å². The molecular weight excluding hydrogens is 312 g/mol. The predicted octanol–water partition coefficient (Wildman–Crippen LogP) is 2.78. The lowest BCUT2D eigenvalue weighted by atomic mass is 10.1. The fraction of sp³-hybridized carbons (Fsp3) is 0.700. The van der Waals surface area contributed by atoms with E-state index in [1.54, 1.807) is 6.20 Å². The molecule has 1 aromatic rings. The minimum atomic E-state index is 0.00000346. The zero-order valence-corrected chi connectivity index (χ0v) is 15.7. The van der Waals surface area contributed by atoms with E-state index in [2.05, 4.69) is 33.9 Å². The normalized spacial score (nSPS) is 21.7. The van der Waals surface area contributed by atoms with Crippen LogP contribution in [0.15, 0.2) is 18.3 Å². The van der Waals surface area contributed by atoms with Gasteiger partial charge < -0.3 is 15.1 Å². The Kier molecular flexibility index (Phi) is 6.29. The average molecular weight is 345 g/mol. The lowest BCUT2D eigenvalue weighted by Gasteiger charge is -2.27. The summed E-state index contributed by atoms with van der Waals surface area (Å²) >= 11 is 0. The maximum atomic E-state index is 12.4. The fourth-order valence-electron chi connectivity index (χ4n) is 3.93. The Morgan fingerprint density at radius 2 is 2.04 bits per heavy atom. The van der Waals surface area contributed by atoms with Crippen molar-refractivity contribution in [2.24, 2.45) is 11.8 Å². The number of nitrogens with zero attached hydrogens (tertiary/aromatic N) is 3. The first-order chi connectivity index (χ1) is 12.1. The van der Waals surface area contributed by atoms with E-state index in [1.165, 1.54) is 25.7 Å². The Bertz CT molecular complexity index is 551. The summed E-state index contributed by atoms with van der Waals surface area (Å²) in [5.41, 5.74) is 0.665. The Morgan fingerprint density at radius 1 is 1.24 bits per heavy atom. The molecule has 0 saturated carbocycles. The van der Waals surface area contributed by atoms with E-state index in [-0.39, 0.29) is 5.91 Å². The maximum Gasteiger partial charge on any atom is 0.252 e. The molecule has 2 aliphatic rings. The van der Waals surface area contributed by atoms with E-state index in [9.17, 15) is 4.79 Å². The first kappa shape index (κ1) is 18.2. The largest absolute Gasteiger partial charge is 0.357 e. The van der Waals surface area contributed by atoms with Crippen LogP contribution in [-0.4, -0.2) is 55.1 Å². The first-order valence-electron chi connectivity index (χ1n) is 9.83. The van der Waals surface area contributed by atoms with Gasteiger partial charge in [-0.1, -0.05) is 13.8 Å². The molecule has 138 valence electrons. The van der Waals surface area contributed by atoms with Gasteiger partial charge in [-0.2, -0.15) is 0 Å². The van der Waals surface area contributed by atoms with Crippen LogP contribution in [-0.2, 0) is 0 Å². The van der Waals surface area contributed by atoms with Gasteiger partial charge in [0.2, 0.25) is 0 Å². The molecular formula is C20H32N4O. The predicted molar refractivity (Wildman–Crippen MR) is 102 cm³/mol. The molecule has 2 saturated heterocycles. The second-order valence-corrected chi connectivity index (χ2v) is 7.97. The van der Waals surface area contributed by atoms with Crippen molar-refractivity contribution >= 4 is 11.7 Å². The summed E-state index contributed by atoms with van der Waals surface area (Å²) in [7, 11) is 0. The summed E-state index contributed by atoms with van der Waals surface area (Å²) in [6.07, 6.45) is 6.68. The number of anilines is 1. The smallest absolute Gasteiger partial charge is 0.252 e. The van der Waals surface area contributed by atoms with Crippen LogP contribution in [0.2, 0.25) is 0 Å². The lowest BCUT2D eigenvalue weighted by Crippen LogP contribution is -2.32. The van der Waals surface area contributed by atoms with Crippen LogP contribution >= 0.6 is 0 Å². The number of pyridine rings is 1. The Labute approximate surface area is 151 Å². The number of aromatic nitrogens is 1. The van der Waals surface area contributed by atoms with Gasteiger partial charge in [-0.05, 0) is 56.2 Å². The second kappa shape index (κ2) is 8.65. The van der Waals surface area contributed by atoms with Crippen molar-refractivity contribution in [1.82, 2.24) is 15.2 Å². The van der Waals surface area contributed by atoms with E-state index in [0.717, 1.165) is 45.1 Å². The minimum absolute atomic E-state index is 0.00000346. The number of carbonyl (C=O) groups excluding carboxylic acids is 1. The third-order valence-electron chi connectivity index (χ3n) is 5.23. The van der Waals surface area contributed by atoms with Crippen LogP contribution < -0.4 is 10.2 Å². The van der Waals surface area contributed by atoms with Gasteiger partial charge in [0, 0.05) is 38.9 Å². The molecule has 0 aromatic carbocycles. The topological polar surface area (TPSA) is 48.5 Å². The number of carbonyl (C=O) groups is 1. The van der Waals surface area contributed by atoms with E-state index >= 15 is 0 Å². The minimum Gasteiger partial charge on any atom is -0.357 e. The van der Waals surface area contributed by atoms with E-state index in [4.69, 9.17) is 0 Å². The van der Waals surface area contributed by atoms with Crippen molar-refractivity contribution in [1.29, 1.82) is 0 Å². The van der Waals surface area contributed by atoms with Gasteiger partial charge in [0.1, 0.15) is 5.82 Å². The molecule has 0 aliphatic carbocycles. The highest BCUT2D eigenvalue weighted by Crippen LogP contribution is 2.18. The molecule has 3 rings (SSSR count). The molecule has 25 heavy (non-hydrogen) atoms. The van der Waals surface area contributed by atoms with Crippen molar-refractivity contribution in [3.8, 4) is 0 Å². The fourth-order valence-corrected chi connectivity index (χ4v) is 3.93. The molecule has 5 nitrogen and oxygen atoms in total. The van der Waals surface area contributed by atoms with Crippen LogP contribution in [0.5, 0.6) is 0 Å². The molecule has 1 atom stereocenters. The molecule has 0 radical (unpaired) electrons. The molecule has 0 unspecified atom stereocenters. The Hall–Kier alpha value is -1.62. The van der Waals surface area contributed by atoms with Crippen molar-refractivity contribution in [3.63, 3.8) is 0 Å². The molecule has 0 spiro atoms. The van der Waals surface area contributed by atoms with Gasteiger partial charge in [-0.3, -0.25) is 4.79 Å².